The van der Waals surface area contributed by atoms with E-state index >= 15 is 0 Å². The van der Waals surface area contributed by atoms with Gasteiger partial charge in [0.05, 0.1) is 24.9 Å². The van der Waals surface area contributed by atoms with Crippen molar-refractivity contribution in [3.8, 4) is 0 Å². The van der Waals surface area contributed by atoms with Crippen LogP contribution in [0.25, 0.3) is 0 Å². The smallest absolute Gasteiger partial charge is 0.286 e. The minimum atomic E-state index is -0.774. The molecule has 3 aliphatic heterocycles. The van der Waals surface area contributed by atoms with Crippen molar-refractivity contribution in [3.05, 3.63) is 0 Å². The molecule has 148 valence electrons. The molecule has 0 amide bonds. The Morgan fingerprint density at radius 1 is 0.731 bits per heavy atom. The first-order chi connectivity index (χ1) is 12.7. The fourth-order valence-corrected chi connectivity index (χ4v) is 6.39. The Kier molecular flexibility index (Phi) is 4.84. The fourth-order valence-electron chi connectivity index (χ4n) is 6.39. The second-order valence-corrected chi connectivity index (χ2v) is 9.71. The SMILES string of the molecule is CC1C2OC3(C4CCCCC4)OC1C(OCC1CCCCC1)C(O3)C2C. The Labute approximate surface area is 158 Å². The Morgan fingerprint density at radius 2 is 1.27 bits per heavy atom. The van der Waals surface area contributed by atoms with Gasteiger partial charge in [0, 0.05) is 17.8 Å². The quantitative estimate of drug-likeness (QED) is 0.727. The zero-order valence-corrected chi connectivity index (χ0v) is 16.5. The zero-order chi connectivity index (χ0) is 17.7. The first-order valence-corrected chi connectivity index (χ1v) is 11.3. The van der Waals surface area contributed by atoms with Gasteiger partial charge in [-0.2, -0.15) is 0 Å². The van der Waals surface area contributed by atoms with E-state index in [9.17, 15) is 0 Å². The molecule has 6 fully saturated rings. The van der Waals surface area contributed by atoms with Crippen LogP contribution in [0.3, 0.4) is 0 Å². The second kappa shape index (κ2) is 7.02. The summed E-state index contributed by atoms with van der Waals surface area (Å²) in [5, 5.41) is 0. The second-order valence-electron chi connectivity index (χ2n) is 9.71. The first kappa shape index (κ1) is 17.9. The van der Waals surface area contributed by atoms with Gasteiger partial charge in [0.1, 0.15) is 6.10 Å². The average Bonchev–Trinajstić information content (AvgIpc) is 2.69. The standard InChI is InChI=1S/C22H36O4/c1-14-18-15(2)20-21(23-13-16-9-5-3-6-10-16)19(14)25-22(24-18,26-20)17-11-7-4-8-12-17/h14-21H,3-13H2,1-2H3. The van der Waals surface area contributed by atoms with Crippen molar-refractivity contribution in [1.82, 2.24) is 0 Å². The van der Waals surface area contributed by atoms with Gasteiger partial charge in [0.15, 0.2) is 0 Å². The largest absolute Gasteiger partial charge is 0.372 e. The van der Waals surface area contributed by atoms with Crippen molar-refractivity contribution in [1.29, 1.82) is 0 Å². The highest BCUT2D eigenvalue weighted by atomic mass is 16.9. The van der Waals surface area contributed by atoms with E-state index in [1.54, 1.807) is 0 Å². The van der Waals surface area contributed by atoms with Gasteiger partial charge < -0.3 is 18.9 Å². The highest BCUT2D eigenvalue weighted by Gasteiger charge is 2.67. The molecule has 6 aliphatic rings. The molecule has 0 N–H and O–H groups in total. The van der Waals surface area contributed by atoms with Crippen LogP contribution in [0.1, 0.15) is 78.1 Å². The number of hydrogen-bond acceptors (Lipinski definition) is 4. The summed E-state index contributed by atoms with van der Waals surface area (Å²) in [4.78, 5) is 0. The summed E-state index contributed by atoms with van der Waals surface area (Å²) in [6.07, 6.45) is 13.6. The third-order valence-corrected chi connectivity index (χ3v) is 7.98. The van der Waals surface area contributed by atoms with Crippen LogP contribution in [-0.2, 0) is 18.9 Å². The Morgan fingerprint density at radius 3 is 1.88 bits per heavy atom. The van der Waals surface area contributed by atoms with E-state index < -0.39 is 5.97 Å². The van der Waals surface area contributed by atoms with Crippen LogP contribution in [-0.4, -0.2) is 37.0 Å². The molecule has 4 nitrogen and oxygen atoms in total. The lowest BCUT2D eigenvalue weighted by Gasteiger charge is -2.64. The van der Waals surface area contributed by atoms with Crippen LogP contribution in [0.2, 0.25) is 0 Å². The molecule has 4 atom stereocenters. The van der Waals surface area contributed by atoms with Gasteiger partial charge in [-0.1, -0.05) is 52.4 Å². The molecular weight excluding hydrogens is 328 g/mol. The molecule has 0 aromatic rings. The molecule has 0 aromatic heterocycles. The first-order valence-electron chi connectivity index (χ1n) is 11.3. The van der Waals surface area contributed by atoms with E-state index in [1.165, 1.54) is 64.2 Å². The van der Waals surface area contributed by atoms with Gasteiger partial charge in [-0.3, -0.25) is 0 Å². The normalized spacial score (nSPS) is 49.6. The molecule has 4 unspecified atom stereocenters. The van der Waals surface area contributed by atoms with Gasteiger partial charge in [0.2, 0.25) is 0 Å². The number of rotatable bonds is 4. The summed E-state index contributed by atoms with van der Waals surface area (Å²) >= 11 is 0. The van der Waals surface area contributed by atoms with Crippen molar-refractivity contribution in [2.24, 2.45) is 23.7 Å². The van der Waals surface area contributed by atoms with Gasteiger partial charge in [0.25, 0.3) is 5.97 Å². The molecule has 3 aliphatic carbocycles. The maximum absolute atomic E-state index is 6.59. The summed E-state index contributed by atoms with van der Waals surface area (Å²) < 4.78 is 26.2. The molecule has 4 heteroatoms. The van der Waals surface area contributed by atoms with Crippen molar-refractivity contribution in [2.45, 2.75) is 108 Å². The highest BCUT2D eigenvalue weighted by molar-refractivity contribution is 5.06. The van der Waals surface area contributed by atoms with Crippen LogP contribution in [0, 0.1) is 23.7 Å². The van der Waals surface area contributed by atoms with E-state index in [1.807, 2.05) is 0 Å². The monoisotopic (exact) mass is 364 g/mol. The van der Waals surface area contributed by atoms with Crippen LogP contribution in [0.4, 0.5) is 0 Å². The summed E-state index contributed by atoms with van der Waals surface area (Å²) in [6, 6.07) is 0. The summed E-state index contributed by atoms with van der Waals surface area (Å²) in [5.74, 6) is 1.12. The maximum atomic E-state index is 6.59. The molecule has 0 spiro atoms. The lowest BCUT2D eigenvalue weighted by Crippen LogP contribution is -2.76. The van der Waals surface area contributed by atoms with Crippen LogP contribution in [0.5, 0.6) is 0 Å². The van der Waals surface area contributed by atoms with Gasteiger partial charge in [-0.05, 0) is 31.6 Å². The van der Waals surface area contributed by atoms with E-state index in [4.69, 9.17) is 18.9 Å². The van der Waals surface area contributed by atoms with Crippen molar-refractivity contribution >= 4 is 0 Å². The lowest BCUT2D eigenvalue weighted by molar-refractivity contribution is -0.547. The molecule has 4 bridgehead atoms. The number of hydrogen-bond donors (Lipinski definition) is 0. The minimum Gasteiger partial charge on any atom is -0.372 e. The summed E-state index contributed by atoms with van der Waals surface area (Å²) in [7, 11) is 0. The Bertz CT molecular complexity index is 476. The Hall–Kier alpha value is -0.160. The molecule has 6 rings (SSSR count). The summed E-state index contributed by atoms with van der Waals surface area (Å²) in [5.41, 5.74) is 0. The predicted octanol–water partition coefficient (Wildman–Crippen LogP) is 4.65. The van der Waals surface area contributed by atoms with E-state index in [0.717, 1.165) is 12.5 Å². The molecule has 0 aromatic carbocycles. The third-order valence-electron chi connectivity index (χ3n) is 7.98. The molecular formula is C22H36O4. The van der Waals surface area contributed by atoms with Gasteiger partial charge in [-0.15, -0.1) is 0 Å². The minimum absolute atomic E-state index is 0.0822. The van der Waals surface area contributed by atoms with E-state index in [0.29, 0.717) is 17.8 Å². The van der Waals surface area contributed by atoms with E-state index in [2.05, 4.69) is 13.8 Å². The van der Waals surface area contributed by atoms with Gasteiger partial charge in [-0.25, -0.2) is 0 Å². The third kappa shape index (κ3) is 2.87. The molecule has 0 radical (unpaired) electrons. The van der Waals surface area contributed by atoms with Crippen LogP contribution < -0.4 is 0 Å². The fraction of sp³-hybridized carbons (Fsp3) is 1.00. The van der Waals surface area contributed by atoms with Crippen molar-refractivity contribution in [3.63, 3.8) is 0 Å². The topological polar surface area (TPSA) is 36.9 Å². The van der Waals surface area contributed by atoms with Crippen molar-refractivity contribution < 1.29 is 18.9 Å². The molecule has 3 saturated heterocycles. The maximum Gasteiger partial charge on any atom is 0.286 e. The average molecular weight is 365 g/mol. The summed E-state index contributed by atoms with van der Waals surface area (Å²) in [6.45, 7) is 5.45. The highest BCUT2D eigenvalue weighted by Crippen LogP contribution is 2.55. The molecule has 3 saturated carbocycles. The molecule has 3 heterocycles. The Balaban J connectivity index is 1.32. The van der Waals surface area contributed by atoms with Crippen molar-refractivity contribution in [2.75, 3.05) is 6.61 Å². The zero-order valence-electron chi connectivity index (χ0n) is 16.5. The van der Waals surface area contributed by atoms with Gasteiger partial charge >= 0.3 is 0 Å². The van der Waals surface area contributed by atoms with Crippen LogP contribution in [0.15, 0.2) is 0 Å². The van der Waals surface area contributed by atoms with E-state index in [-0.39, 0.29) is 24.4 Å². The van der Waals surface area contributed by atoms with Crippen LogP contribution >= 0.6 is 0 Å². The lowest BCUT2D eigenvalue weighted by atomic mass is 9.71. The predicted molar refractivity (Wildman–Crippen MR) is 98.6 cm³/mol. The number of ether oxygens (including phenoxy) is 4. The molecule has 26 heavy (non-hydrogen) atoms.